The fourth-order valence-electron chi connectivity index (χ4n) is 4.69. The van der Waals surface area contributed by atoms with E-state index < -0.39 is 0 Å². The molecule has 0 unspecified atom stereocenters. The molecular formula is C34H54N2O4. The first kappa shape index (κ1) is 35.2. The molecule has 1 aliphatic heterocycles. The van der Waals surface area contributed by atoms with E-state index in [1.54, 1.807) is 0 Å². The van der Waals surface area contributed by atoms with Crippen molar-refractivity contribution >= 4 is 12.2 Å². The molecule has 1 aliphatic rings. The fraction of sp³-hybridized carbons (Fsp3) is 0.588. The van der Waals surface area contributed by atoms with Crippen LogP contribution < -0.4 is 16.2 Å². The van der Waals surface area contributed by atoms with Crippen molar-refractivity contribution in [2.75, 3.05) is 7.05 Å². The maximum atomic E-state index is 11.0. The first-order valence-electron chi connectivity index (χ1n) is 14.2. The van der Waals surface area contributed by atoms with Crippen LogP contribution in [-0.4, -0.2) is 24.3 Å². The number of aldehydes is 1. The number of ether oxygens (including phenoxy) is 1. The van der Waals surface area contributed by atoms with E-state index >= 15 is 0 Å². The summed E-state index contributed by atoms with van der Waals surface area (Å²) in [6, 6.07) is 8.37. The van der Waals surface area contributed by atoms with Crippen LogP contribution in [0.25, 0.3) is 0 Å². The molecule has 0 radical (unpaired) electrons. The lowest BCUT2D eigenvalue weighted by Crippen LogP contribution is -2.37. The van der Waals surface area contributed by atoms with E-state index in [2.05, 4.69) is 94.0 Å². The summed E-state index contributed by atoms with van der Waals surface area (Å²) in [7, 11) is 1.50. The molecule has 5 N–H and O–H groups in total. The Kier molecular flexibility index (Phi) is 11.6. The molecule has 0 aromatic heterocycles. The summed E-state index contributed by atoms with van der Waals surface area (Å²) in [5, 5.41) is 10.6. The number of phenolic OH excluding ortho intramolecular Hbond substituents is 1. The highest BCUT2D eigenvalue weighted by Crippen LogP contribution is 2.49. The lowest BCUT2D eigenvalue weighted by molar-refractivity contribution is -0.118. The molecule has 3 rings (SSSR count). The number of benzene rings is 2. The number of carbonyl (C=O) groups excluding carboxylic acids is 2. The zero-order valence-corrected chi connectivity index (χ0v) is 27.0. The van der Waals surface area contributed by atoms with Gasteiger partial charge in [0.2, 0.25) is 5.91 Å². The van der Waals surface area contributed by atoms with Gasteiger partial charge in [0.05, 0.1) is 0 Å². The van der Waals surface area contributed by atoms with Crippen molar-refractivity contribution in [2.45, 2.75) is 124 Å². The number of aryl methyl sites for hydroxylation is 2. The molecule has 1 amide bonds. The Balaban J connectivity index is 0.000000378. The smallest absolute Gasteiger partial charge is 0.217 e. The van der Waals surface area contributed by atoms with Gasteiger partial charge < -0.3 is 26.1 Å². The van der Waals surface area contributed by atoms with Crippen LogP contribution in [0, 0.1) is 0 Å². The SMILES string of the molecule is CC(C)(C)c1cc(CCC(N)=O)cc(C(C)(C)C)c1O.CC(C)(C)c1cc(CCC=O)cc2c1OC2(C)C.CN. The second-order valence-electron chi connectivity index (χ2n) is 14.1. The summed E-state index contributed by atoms with van der Waals surface area (Å²) in [5.41, 5.74) is 16.0. The van der Waals surface area contributed by atoms with Crippen molar-refractivity contribution in [3.05, 3.63) is 57.6 Å². The Hall–Kier alpha value is -2.86. The molecule has 0 bridgehead atoms. The number of carbonyl (C=O) groups is 2. The van der Waals surface area contributed by atoms with E-state index in [1.807, 2.05) is 12.1 Å². The molecule has 6 nitrogen and oxygen atoms in total. The van der Waals surface area contributed by atoms with E-state index in [9.17, 15) is 14.7 Å². The summed E-state index contributed by atoms with van der Waals surface area (Å²) < 4.78 is 5.92. The van der Waals surface area contributed by atoms with Gasteiger partial charge in [-0.1, -0.05) is 80.5 Å². The maximum Gasteiger partial charge on any atom is 0.217 e. The highest BCUT2D eigenvalue weighted by molar-refractivity contribution is 5.74. The number of rotatable bonds is 6. The largest absolute Gasteiger partial charge is 0.507 e. The molecule has 40 heavy (non-hydrogen) atoms. The number of nitrogens with two attached hydrogens (primary N) is 2. The number of hydrogen-bond donors (Lipinski definition) is 3. The Morgan fingerprint density at radius 2 is 1.25 bits per heavy atom. The van der Waals surface area contributed by atoms with Gasteiger partial charge in [-0.3, -0.25) is 4.79 Å². The van der Waals surface area contributed by atoms with Crippen molar-refractivity contribution in [1.29, 1.82) is 0 Å². The van der Waals surface area contributed by atoms with Crippen LogP contribution in [0.15, 0.2) is 24.3 Å². The van der Waals surface area contributed by atoms with Gasteiger partial charge in [-0.15, -0.1) is 0 Å². The highest BCUT2D eigenvalue weighted by atomic mass is 16.5. The van der Waals surface area contributed by atoms with Crippen LogP contribution in [0.4, 0.5) is 0 Å². The number of phenols is 1. The average molecular weight is 555 g/mol. The molecule has 0 spiro atoms. The van der Waals surface area contributed by atoms with Crippen molar-refractivity contribution < 1.29 is 19.4 Å². The predicted octanol–water partition coefficient (Wildman–Crippen LogP) is 6.72. The minimum atomic E-state index is -0.298. The summed E-state index contributed by atoms with van der Waals surface area (Å²) in [5.74, 6) is 1.11. The monoisotopic (exact) mass is 554 g/mol. The van der Waals surface area contributed by atoms with Crippen LogP contribution in [0.5, 0.6) is 11.5 Å². The lowest BCUT2D eigenvalue weighted by atomic mass is 9.78. The van der Waals surface area contributed by atoms with E-state index in [-0.39, 0.29) is 27.8 Å². The number of primary amides is 1. The highest BCUT2D eigenvalue weighted by Gasteiger charge is 2.40. The molecule has 2 aromatic rings. The third-order valence-electron chi connectivity index (χ3n) is 6.96. The van der Waals surface area contributed by atoms with Gasteiger partial charge in [0, 0.05) is 24.0 Å². The van der Waals surface area contributed by atoms with Crippen molar-refractivity contribution in [1.82, 2.24) is 0 Å². The molecular weight excluding hydrogens is 500 g/mol. The molecule has 224 valence electrons. The third kappa shape index (κ3) is 9.09. The Morgan fingerprint density at radius 1 is 0.825 bits per heavy atom. The van der Waals surface area contributed by atoms with Crippen molar-refractivity contribution in [3.63, 3.8) is 0 Å². The second kappa shape index (κ2) is 13.2. The molecule has 0 saturated carbocycles. The van der Waals surface area contributed by atoms with E-state index in [4.69, 9.17) is 10.5 Å². The van der Waals surface area contributed by atoms with Crippen LogP contribution in [0.3, 0.4) is 0 Å². The van der Waals surface area contributed by atoms with Crippen molar-refractivity contribution in [2.24, 2.45) is 11.5 Å². The quantitative estimate of drug-likeness (QED) is 0.343. The Bertz CT molecular complexity index is 1140. The molecule has 1 heterocycles. The standard InChI is InChI=1S/C17H27NO2.C16H22O2.CH5N/c1-16(2,3)12-9-11(7-8-14(18)19)10-13(15(12)20)17(4,5)6;1-15(2,3)12-9-11(7-6-8-17)10-13-14(12)18-16(13,4)5;1-2/h9-10,20H,7-8H2,1-6H3,(H2,18,19);8-10H,6-7H2,1-5H3;2H2,1H3. The minimum Gasteiger partial charge on any atom is -0.507 e. The molecule has 2 aromatic carbocycles. The predicted molar refractivity (Wildman–Crippen MR) is 166 cm³/mol. The lowest BCUT2D eigenvalue weighted by Gasteiger charge is -2.42. The van der Waals surface area contributed by atoms with Crippen LogP contribution in [0.2, 0.25) is 0 Å². The van der Waals surface area contributed by atoms with Gasteiger partial charge in [0.1, 0.15) is 23.4 Å². The van der Waals surface area contributed by atoms with Gasteiger partial charge in [-0.25, -0.2) is 0 Å². The van der Waals surface area contributed by atoms with Crippen LogP contribution in [-0.2, 0) is 44.3 Å². The molecule has 0 atom stereocenters. The maximum absolute atomic E-state index is 11.0. The van der Waals surface area contributed by atoms with Gasteiger partial charge in [0.15, 0.2) is 0 Å². The van der Waals surface area contributed by atoms with E-state index in [1.165, 1.54) is 23.7 Å². The van der Waals surface area contributed by atoms with Gasteiger partial charge in [0.25, 0.3) is 0 Å². The summed E-state index contributed by atoms with van der Waals surface area (Å²) in [6.45, 7) is 23.2. The molecule has 0 fully saturated rings. The van der Waals surface area contributed by atoms with Gasteiger partial charge >= 0.3 is 0 Å². The fourth-order valence-corrected chi connectivity index (χ4v) is 4.69. The zero-order valence-electron chi connectivity index (χ0n) is 27.0. The first-order chi connectivity index (χ1) is 18.2. The summed E-state index contributed by atoms with van der Waals surface area (Å²) in [6.07, 6.45) is 3.33. The first-order valence-corrected chi connectivity index (χ1v) is 14.2. The molecule has 6 heteroatoms. The summed E-state index contributed by atoms with van der Waals surface area (Å²) >= 11 is 0. The minimum absolute atomic E-state index is 0.0672. The number of aromatic hydroxyl groups is 1. The topological polar surface area (TPSA) is 116 Å². The number of amides is 1. The Morgan fingerprint density at radius 3 is 1.62 bits per heavy atom. The van der Waals surface area contributed by atoms with Crippen LogP contribution >= 0.6 is 0 Å². The average Bonchev–Trinajstić information content (AvgIpc) is 2.81. The van der Waals surface area contributed by atoms with Crippen LogP contribution in [0.1, 0.15) is 122 Å². The van der Waals surface area contributed by atoms with E-state index in [0.29, 0.717) is 25.0 Å². The summed E-state index contributed by atoms with van der Waals surface area (Å²) in [4.78, 5) is 21.5. The Labute approximate surface area is 242 Å². The molecule has 0 aliphatic carbocycles. The van der Waals surface area contributed by atoms with E-state index in [0.717, 1.165) is 35.1 Å². The van der Waals surface area contributed by atoms with Gasteiger partial charge in [-0.05, 0) is 78.3 Å². The van der Waals surface area contributed by atoms with Crippen molar-refractivity contribution in [3.8, 4) is 11.5 Å². The second-order valence-corrected chi connectivity index (χ2v) is 14.1. The third-order valence-corrected chi connectivity index (χ3v) is 6.96. The van der Waals surface area contributed by atoms with Gasteiger partial charge in [-0.2, -0.15) is 0 Å². The molecule has 0 saturated heterocycles. The number of hydrogen-bond acceptors (Lipinski definition) is 5. The number of fused-ring (bicyclic) bond motifs is 1. The zero-order chi connectivity index (χ0) is 31.3. The normalized spacial score (nSPS) is 13.8.